The Morgan fingerprint density at radius 3 is 2.56 bits per heavy atom. The molecule has 1 aliphatic heterocycles. The van der Waals surface area contributed by atoms with E-state index in [1.54, 1.807) is 0 Å². The predicted octanol–water partition coefficient (Wildman–Crippen LogP) is 4.98. The predicted molar refractivity (Wildman–Crippen MR) is 101 cm³/mol. The van der Waals surface area contributed by atoms with Crippen LogP contribution in [0.25, 0.3) is 6.08 Å². The molecule has 0 bridgehead atoms. The Labute approximate surface area is 159 Å². The minimum absolute atomic E-state index is 0.0852. The topological polar surface area (TPSA) is 57.6 Å². The van der Waals surface area contributed by atoms with E-state index < -0.39 is 0 Å². The minimum atomic E-state index is -0.388. The third kappa shape index (κ3) is 4.00. The van der Waals surface area contributed by atoms with E-state index in [4.69, 9.17) is 23.2 Å². The maximum atomic E-state index is 12.5. The summed E-state index contributed by atoms with van der Waals surface area (Å²) in [4.78, 5) is 26.1. The second-order valence-electron chi connectivity index (χ2n) is 5.39. The van der Waals surface area contributed by atoms with Crippen LogP contribution in [0.2, 0.25) is 10.0 Å². The molecule has 0 aliphatic carbocycles. The van der Waals surface area contributed by atoms with Gasteiger partial charge >= 0.3 is 0 Å². The number of phenolic OH excluding ortho intramolecular Hbond substituents is 1. The van der Waals surface area contributed by atoms with Crippen molar-refractivity contribution in [2.24, 2.45) is 0 Å². The number of halogens is 2. The van der Waals surface area contributed by atoms with E-state index in [1.807, 2.05) is 30.3 Å². The number of aromatic hydroxyl groups is 1. The Morgan fingerprint density at radius 2 is 1.84 bits per heavy atom. The standard InChI is InChI=1S/C18H13Cl2NO3S/c19-13-8-12(16(22)14(20)10-13)9-15-17(23)21(18(24)25-15)7-6-11-4-2-1-3-5-11/h1-5,8-10,22H,6-7H2/b15-9-. The van der Waals surface area contributed by atoms with Gasteiger partial charge in [0, 0.05) is 17.1 Å². The first-order chi connectivity index (χ1) is 12.0. The van der Waals surface area contributed by atoms with Crippen molar-refractivity contribution < 1.29 is 14.7 Å². The van der Waals surface area contributed by atoms with Crippen LogP contribution in [0.1, 0.15) is 11.1 Å². The number of thioether (sulfide) groups is 1. The molecule has 2 amide bonds. The van der Waals surface area contributed by atoms with Crippen molar-refractivity contribution in [3.63, 3.8) is 0 Å². The quantitative estimate of drug-likeness (QED) is 0.744. The summed E-state index contributed by atoms with van der Waals surface area (Å²) in [5, 5.41) is 10.1. The lowest BCUT2D eigenvalue weighted by atomic mass is 10.1. The molecule has 1 saturated heterocycles. The highest BCUT2D eigenvalue weighted by atomic mass is 35.5. The Morgan fingerprint density at radius 1 is 1.12 bits per heavy atom. The number of imide groups is 1. The smallest absolute Gasteiger partial charge is 0.293 e. The summed E-state index contributed by atoms with van der Waals surface area (Å²) in [7, 11) is 0. The number of carbonyl (C=O) groups is 2. The zero-order chi connectivity index (χ0) is 18.0. The van der Waals surface area contributed by atoms with Crippen LogP contribution in [0.4, 0.5) is 4.79 Å². The van der Waals surface area contributed by atoms with Gasteiger partial charge < -0.3 is 5.11 Å². The Bertz CT molecular complexity index is 868. The van der Waals surface area contributed by atoms with E-state index in [0.717, 1.165) is 17.3 Å². The third-order valence-corrected chi connectivity index (χ3v) is 5.10. The van der Waals surface area contributed by atoms with Crippen molar-refractivity contribution in [1.29, 1.82) is 0 Å². The number of rotatable bonds is 4. The number of nitrogens with zero attached hydrogens (tertiary/aromatic N) is 1. The van der Waals surface area contributed by atoms with Gasteiger partial charge in [0.05, 0.1) is 9.93 Å². The first-order valence-electron chi connectivity index (χ1n) is 7.43. The largest absolute Gasteiger partial charge is 0.506 e. The van der Waals surface area contributed by atoms with E-state index in [9.17, 15) is 14.7 Å². The summed E-state index contributed by atoms with van der Waals surface area (Å²) in [5.41, 5.74) is 1.34. The van der Waals surface area contributed by atoms with E-state index in [2.05, 4.69) is 0 Å². The van der Waals surface area contributed by atoms with Gasteiger partial charge in [-0.3, -0.25) is 14.5 Å². The molecule has 4 nitrogen and oxygen atoms in total. The fourth-order valence-electron chi connectivity index (χ4n) is 2.42. The van der Waals surface area contributed by atoms with Crippen LogP contribution in [-0.4, -0.2) is 27.7 Å². The summed E-state index contributed by atoms with van der Waals surface area (Å²) < 4.78 is 0. The van der Waals surface area contributed by atoms with Crippen molar-refractivity contribution >= 4 is 52.2 Å². The number of hydrogen-bond acceptors (Lipinski definition) is 4. The molecule has 0 radical (unpaired) electrons. The zero-order valence-corrected chi connectivity index (χ0v) is 15.2. The Hall–Kier alpha value is -1.95. The zero-order valence-electron chi connectivity index (χ0n) is 12.9. The van der Waals surface area contributed by atoms with Gasteiger partial charge in [0.25, 0.3) is 11.1 Å². The van der Waals surface area contributed by atoms with Gasteiger partial charge in [-0.05, 0) is 42.0 Å². The molecule has 7 heteroatoms. The highest BCUT2D eigenvalue weighted by molar-refractivity contribution is 8.18. The van der Waals surface area contributed by atoms with Crippen LogP contribution in [0, 0.1) is 0 Å². The van der Waals surface area contributed by atoms with Crippen molar-refractivity contribution in [3.8, 4) is 5.75 Å². The summed E-state index contributed by atoms with van der Waals surface area (Å²) in [5.74, 6) is -0.566. The van der Waals surface area contributed by atoms with Crippen molar-refractivity contribution in [2.75, 3.05) is 6.54 Å². The van der Waals surface area contributed by atoms with Crippen molar-refractivity contribution in [1.82, 2.24) is 4.90 Å². The third-order valence-electron chi connectivity index (χ3n) is 3.68. The molecular formula is C18H13Cl2NO3S. The van der Waals surface area contributed by atoms with Crippen LogP contribution in [0.5, 0.6) is 5.75 Å². The summed E-state index contributed by atoms with van der Waals surface area (Å²) in [6.07, 6.45) is 2.01. The van der Waals surface area contributed by atoms with Gasteiger partial charge in [0.2, 0.25) is 0 Å². The van der Waals surface area contributed by atoms with Crippen LogP contribution < -0.4 is 0 Å². The second kappa shape index (κ2) is 7.52. The summed E-state index contributed by atoms with van der Waals surface area (Å²) in [6, 6.07) is 12.5. The molecule has 3 rings (SSSR count). The van der Waals surface area contributed by atoms with E-state index in [1.165, 1.54) is 23.1 Å². The molecule has 1 N–H and O–H groups in total. The lowest BCUT2D eigenvalue weighted by Crippen LogP contribution is -2.30. The van der Waals surface area contributed by atoms with Crippen molar-refractivity contribution in [3.05, 3.63) is 68.5 Å². The van der Waals surface area contributed by atoms with Crippen LogP contribution >= 0.6 is 35.0 Å². The molecule has 0 atom stereocenters. The molecule has 2 aromatic carbocycles. The Balaban J connectivity index is 1.79. The van der Waals surface area contributed by atoms with Crippen LogP contribution in [-0.2, 0) is 11.2 Å². The fourth-order valence-corrected chi connectivity index (χ4v) is 3.78. The molecule has 1 aliphatic rings. The lowest BCUT2D eigenvalue weighted by Gasteiger charge is -2.12. The van der Waals surface area contributed by atoms with Gasteiger partial charge in [-0.2, -0.15) is 0 Å². The highest BCUT2D eigenvalue weighted by Gasteiger charge is 2.34. The van der Waals surface area contributed by atoms with Gasteiger partial charge in [0.15, 0.2) is 0 Å². The number of benzene rings is 2. The number of hydrogen-bond donors (Lipinski definition) is 1. The molecule has 1 heterocycles. The molecule has 0 unspecified atom stereocenters. The first-order valence-corrected chi connectivity index (χ1v) is 9.00. The van der Waals surface area contributed by atoms with Crippen LogP contribution in [0.3, 0.4) is 0 Å². The number of carbonyl (C=O) groups excluding carboxylic acids is 2. The SMILES string of the molecule is O=C1S/C(=C\c2cc(Cl)cc(Cl)c2O)C(=O)N1CCc1ccccc1. The summed E-state index contributed by atoms with van der Waals surface area (Å²) in [6.45, 7) is 0.300. The van der Waals surface area contributed by atoms with Crippen LogP contribution in [0.15, 0.2) is 47.4 Å². The molecule has 0 aromatic heterocycles. The molecule has 0 saturated carbocycles. The molecule has 2 aromatic rings. The average Bonchev–Trinajstić information content (AvgIpc) is 2.85. The van der Waals surface area contributed by atoms with Gasteiger partial charge in [-0.15, -0.1) is 0 Å². The van der Waals surface area contributed by atoms with Gasteiger partial charge in [0.1, 0.15) is 5.75 Å². The molecular weight excluding hydrogens is 381 g/mol. The monoisotopic (exact) mass is 393 g/mol. The maximum Gasteiger partial charge on any atom is 0.293 e. The minimum Gasteiger partial charge on any atom is -0.506 e. The lowest BCUT2D eigenvalue weighted by molar-refractivity contribution is -0.122. The highest BCUT2D eigenvalue weighted by Crippen LogP contribution is 2.37. The van der Waals surface area contributed by atoms with E-state index in [0.29, 0.717) is 23.6 Å². The van der Waals surface area contributed by atoms with E-state index >= 15 is 0 Å². The first kappa shape index (κ1) is 17.9. The van der Waals surface area contributed by atoms with Gasteiger partial charge in [-0.25, -0.2) is 0 Å². The molecule has 0 spiro atoms. The van der Waals surface area contributed by atoms with Gasteiger partial charge in [-0.1, -0.05) is 53.5 Å². The Kier molecular flexibility index (Phi) is 5.37. The number of amides is 2. The summed E-state index contributed by atoms with van der Waals surface area (Å²) >= 11 is 12.6. The number of phenols is 1. The van der Waals surface area contributed by atoms with Crippen molar-refractivity contribution in [2.45, 2.75) is 6.42 Å². The molecule has 25 heavy (non-hydrogen) atoms. The normalized spacial score (nSPS) is 16.1. The average molecular weight is 394 g/mol. The van der Waals surface area contributed by atoms with E-state index in [-0.39, 0.29) is 26.8 Å². The fraction of sp³-hybridized carbons (Fsp3) is 0.111. The second-order valence-corrected chi connectivity index (χ2v) is 7.23. The maximum absolute atomic E-state index is 12.5. The molecule has 1 fully saturated rings. The molecule has 128 valence electrons.